The number of ketones is 1. The first-order valence-electron chi connectivity index (χ1n) is 9.13. The second kappa shape index (κ2) is 7.45. The maximum atomic E-state index is 12.7. The van der Waals surface area contributed by atoms with Gasteiger partial charge in [-0.2, -0.15) is 0 Å². The molecular formula is C22H23NO4. The zero-order chi connectivity index (χ0) is 18.8. The number of carbonyl (C=O) groups is 1. The Bertz CT molecular complexity index is 876. The fraction of sp³-hybridized carbons (Fsp3) is 0.318. The Hall–Kier alpha value is -2.79. The molecule has 0 aromatic heterocycles. The summed E-state index contributed by atoms with van der Waals surface area (Å²) in [6.07, 6.45) is 4.81. The maximum absolute atomic E-state index is 12.7. The van der Waals surface area contributed by atoms with E-state index in [0.717, 1.165) is 29.8 Å². The number of benzene rings is 2. The van der Waals surface area contributed by atoms with Crippen molar-refractivity contribution in [3.63, 3.8) is 0 Å². The minimum absolute atomic E-state index is 0.0499. The summed E-state index contributed by atoms with van der Waals surface area (Å²) in [5, 5.41) is 0. The molecular weight excluding hydrogens is 342 g/mol. The van der Waals surface area contributed by atoms with Crippen molar-refractivity contribution in [2.75, 3.05) is 27.5 Å². The molecule has 0 N–H and O–H groups in total. The van der Waals surface area contributed by atoms with E-state index in [4.69, 9.17) is 14.2 Å². The van der Waals surface area contributed by atoms with Crippen molar-refractivity contribution in [2.24, 2.45) is 0 Å². The Morgan fingerprint density at radius 3 is 2.89 bits per heavy atom. The molecule has 0 spiro atoms. The number of fused-ring (bicyclic) bond motifs is 2. The molecule has 2 aliphatic rings. The van der Waals surface area contributed by atoms with Crippen LogP contribution < -0.4 is 14.2 Å². The summed E-state index contributed by atoms with van der Waals surface area (Å²) < 4.78 is 16.8. The predicted molar refractivity (Wildman–Crippen MR) is 103 cm³/mol. The smallest absolute Gasteiger partial charge is 0.231 e. The highest BCUT2D eigenvalue weighted by molar-refractivity contribution is 5.94. The van der Waals surface area contributed by atoms with Crippen molar-refractivity contribution in [2.45, 2.75) is 18.9 Å². The Morgan fingerprint density at radius 2 is 2.11 bits per heavy atom. The van der Waals surface area contributed by atoms with Gasteiger partial charge in [0.25, 0.3) is 0 Å². The Balaban J connectivity index is 1.62. The minimum Gasteiger partial charge on any atom is -0.492 e. The number of nitrogens with zero attached hydrogens (tertiary/aromatic N) is 1. The summed E-state index contributed by atoms with van der Waals surface area (Å²) >= 11 is 0. The molecule has 5 nitrogen and oxygen atoms in total. The molecule has 5 heteroatoms. The van der Waals surface area contributed by atoms with E-state index in [9.17, 15) is 4.79 Å². The molecule has 4 rings (SSSR count). The summed E-state index contributed by atoms with van der Waals surface area (Å²) in [4.78, 5) is 14.9. The zero-order valence-corrected chi connectivity index (χ0v) is 15.6. The molecule has 0 saturated carbocycles. The van der Waals surface area contributed by atoms with Crippen LogP contribution in [-0.2, 0) is 11.2 Å². The lowest BCUT2D eigenvalue weighted by molar-refractivity contribution is -0.115. The van der Waals surface area contributed by atoms with Gasteiger partial charge in [-0.05, 0) is 36.7 Å². The number of methoxy groups -OCH3 is 1. The van der Waals surface area contributed by atoms with Crippen LogP contribution in [0, 0.1) is 0 Å². The molecule has 0 fully saturated rings. The normalized spacial score (nSPS) is 18.5. The van der Waals surface area contributed by atoms with E-state index >= 15 is 0 Å². The third-order valence-corrected chi connectivity index (χ3v) is 5.20. The molecule has 0 aliphatic carbocycles. The van der Waals surface area contributed by atoms with E-state index < -0.39 is 0 Å². The van der Waals surface area contributed by atoms with Crippen molar-refractivity contribution in [3.05, 3.63) is 59.2 Å². The predicted octanol–water partition coefficient (Wildman–Crippen LogP) is 3.63. The number of hydrogen-bond donors (Lipinski definition) is 0. The van der Waals surface area contributed by atoms with E-state index in [0.29, 0.717) is 17.9 Å². The second-order valence-electron chi connectivity index (χ2n) is 6.88. The number of ether oxygens (including phenoxy) is 3. The monoisotopic (exact) mass is 365 g/mol. The van der Waals surface area contributed by atoms with Gasteiger partial charge < -0.3 is 14.2 Å². The zero-order valence-electron chi connectivity index (χ0n) is 15.6. The highest BCUT2D eigenvalue weighted by Crippen LogP contribution is 2.50. The van der Waals surface area contributed by atoms with E-state index in [1.807, 2.05) is 49.5 Å². The van der Waals surface area contributed by atoms with Crippen molar-refractivity contribution in [1.82, 2.24) is 4.90 Å². The van der Waals surface area contributed by atoms with Crippen molar-refractivity contribution in [3.8, 4) is 17.2 Å². The number of allylic oxidation sites excluding steroid dienone is 1. The van der Waals surface area contributed by atoms with Gasteiger partial charge in [-0.1, -0.05) is 36.4 Å². The van der Waals surface area contributed by atoms with Crippen molar-refractivity contribution >= 4 is 11.9 Å². The molecule has 2 heterocycles. The fourth-order valence-electron chi connectivity index (χ4n) is 3.80. The molecule has 0 saturated heterocycles. The van der Waals surface area contributed by atoms with Crippen LogP contribution in [0.5, 0.6) is 17.2 Å². The fourth-order valence-corrected chi connectivity index (χ4v) is 3.80. The van der Waals surface area contributed by atoms with E-state index in [1.54, 1.807) is 13.2 Å². The third kappa shape index (κ3) is 3.43. The van der Waals surface area contributed by atoms with Crippen LogP contribution in [-0.4, -0.2) is 38.2 Å². The first kappa shape index (κ1) is 17.6. The minimum atomic E-state index is -0.0499. The third-order valence-electron chi connectivity index (χ3n) is 5.20. The number of likely N-dealkylation sites (N-methyl/N-ethyl adjacent to an activating group) is 1. The molecule has 0 radical (unpaired) electrons. The van der Waals surface area contributed by atoms with E-state index in [-0.39, 0.29) is 18.6 Å². The van der Waals surface area contributed by atoms with Gasteiger partial charge in [-0.3, -0.25) is 9.69 Å². The molecule has 1 atom stereocenters. The van der Waals surface area contributed by atoms with Gasteiger partial charge in [0.05, 0.1) is 7.11 Å². The first-order chi connectivity index (χ1) is 13.2. The molecule has 2 aromatic carbocycles. The summed E-state index contributed by atoms with van der Waals surface area (Å²) in [5.74, 6) is 2.15. The van der Waals surface area contributed by atoms with Crippen LogP contribution in [0.15, 0.2) is 42.5 Å². The molecule has 27 heavy (non-hydrogen) atoms. The van der Waals surface area contributed by atoms with Crippen LogP contribution >= 0.6 is 0 Å². The van der Waals surface area contributed by atoms with Crippen molar-refractivity contribution in [1.29, 1.82) is 0 Å². The average molecular weight is 365 g/mol. The summed E-state index contributed by atoms with van der Waals surface area (Å²) in [6, 6.07) is 11.8. The quantitative estimate of drug-likeness (QED) is 0.758. The van der Waals surface area contributed by atoms with Gasteiger partial charge in [0.15, 0.2) is 17.3 Å². The summed E-state index contributed by atoms with van der Waals surface area (Å²) in [7, 11) is 3.69. The highest BCUT2D eigenvalue weighted by atomic mass is 16.7. The van der Waals surface area contributed by atoms with Crippen LogP contribution in [0.3, 0.4) is 0 Å². The molecule has 140 valence electrons. The average Bonchev–Trinajstić information content (AvgIpc) is 3.16. The number of hydrogen-bond acceptors (Lipinski definition) is 5. The molecule has 2 aromatic rings. The summed E-state index contributed by atoms with van der Waals surface area (Å²) in [6.45, 7) is 1.09. The summed E-state index contributed by atoms with van der Waals surface area (Å²) in [5.41, 5.74) is 3.22. The Kier molecular flexibility index (Phi) is 4.86. The van der Waals surface area contributed by atoms with Gasteiger partial charge >= 0.3 is 0 Å². The molecule has 2 aliphatic heterocycles. The Labute approximate surface area is 159 Å². The number of carbonyl (C=O) groups excluding carboxylic acids is 1. The standard InChI is InChI=1S/C22H23NO4/c1-23-11-10-16-12-19-21(27-14-26-19)22(25-2)20(16)18(23)13-17(24)9-8-15-6-4-3-5-7-15/h3-9,12,18H,10-11,13-14H2,1-2H3/b9-8+/t18-/m0/s1. The second-order valence-corrected chi connectivity index (χ2v) is 6.88. The lowest BCUT2D eigenvalue weighted by atomic mass is 9.88. The van der Waals surface area contributed by atoms with Crippen LogP contribution in [0.4, 0.5) is 0 Å². The van der Waals surface area contributed by atoms with E-state index in [2.05, 4.69) is 4.90 Å². The van der Waals surface area contributed by atoms with Gasteiger partial charge in [0, 0.05) is 24.6 Å². The van der Waals surface area contributed by atoms with Crippen LogP contribution in [0.1, 0.15) is 29.2 Å². The van der Waals surface area contributed by atoms with E-state index in [1.165, 1.54) is 5.56 Å². The lowest BCUT2D eigenvalue weighted by Gasteiger charge is -2.35. The van der Waals surface area contributed by atoms with Gasteiger partial charge in [0.1, 0.15) is 0 Å². The van der Waals surface area contributed by atoms with Gasteiger partial charge in [0.2, 0.25) is 12.5 Å². The Morgan fingerprint density at radius 1 is 1.30 bits per heavy atom. The van der Waals surface area contributed by atoms with Crippen LogP contribution in [0.25, 0.3) is 6.08 Å². The highest BCUT2D eigenvalue weighted by Gasteiger charge is 2.34. The largest absolute Gasteiger partial charge is 0.492 e. The lowest BCUT2D eigenvalue weighted by Crippen LogP contribution is -2.33. The molecule has 0 bridgehead atoms. The number of rotatable bonds is 5. The van der Waals surface area contributed by atoms with Gasteiger partial charge in [-0.15, -0.1) is 0 Å². The topological polar surface area (TPSA) is 48.0 Å². The van der Waals surface area contributed by atoms with Gasteiger partial charge in [-0.25, -0.2) is 0 Å². The molecule has 0 unspecified atom stereocenters. The maximum Gasteiger partial charge on any atom is 0.231 e. The molecule has 0 amide bonds. The SMILES string of the molecule is COc1c2c(cc3c1[C@H](CC(=O)/C=C/c1ccccc1)N(C)CC3)OCO2. The van der Waals surface area contributed by atoms with Crippen molar-refractivity contribution < 1.29 is 19.0 Å². The first-order valence-corrected chi connectivity index (χ1v) is 9.13. The van der Waals surface area contributed by atoms with Crippen LogP contribution in [0.2, 0.25) is 0 Å².